The molecule has 0 unspecified atom stereocenters. The van der Waals surface area contributed by atoms with E-state index in [9.17, 15) is 9.18 Å². The average molecular weight is 382 g/mol. The smallest absolute Gasteiger partial charge is 0.244 e. The maximum atomic E-state index is 13.9. The number of furan rings is 1. The molecular weight excluding hydrogens is 367 g/mol. The van der Waals surface area contributed by atoms with Crippen LogP contribution in [0.2, 0.25) is 0 Å². The van der Waals surface area contributed by atoms with Gasteiger partial charge in [-0.25, -0.2) is 8.91 Å². The second-order valence-electron chi connectivity index (χ2n) is 5.73. The number of amides is 1. The highest BCUT2D eigenvalue weighted by Gasteiger charge is 2.14. The van der Waals surface area contributed by atoms with Crippen LogP contribution in [0.4, 0.5) is 4.39 Å². The number of fused-ring (bicyclic) bond motifs is 1. The minimum Gasteiger partial charge on any atom is -0.465 e. The van der Waals surface area contributed by atoms with Gasteiger partial charge in [-0.3, -0.25) is 4.79 Å². The summed E-state index contributed by atoms with van der Waals surface area (Å²) in [5, 5.41) is 9.16. The Kier molecular flexibility index (Phi) is 4.80. The van der Waals surface area contributed by atoms with Crippen LogP contribution in [0.1, 0.15) is 11.5 Å². The number of rotatable bonds is 6. The van der Waals surface area contributed by atoms with E-state index in [2.05, 4.69) is 15.4 Å². The third kappa shape index (κ3) is 3.80. The number of nitrogens with zero attached hydrogens (tertiary/aromatic N) is 3. The molecule has 0 spiro atoms. The molecule has 0 radical (unpaired) electrons. The van der Waals surface area contributed by atoms with E-state index in [4.69, 9.17) is 4.42 Å². The predicted octanol–water partition coefficient (Wildman–Crippen LogP) is 3.56. The van der Waals surface area contributed by atoms with E-state index < -0.39 is 0 Å². The molecule has 0 aliphatic rings. The van der Waals surface area contributed by atoms with Crippen molar-refractivity contribution < 1.29 is 13.6 Å². The molecule has 8 heteroatoms. The second kappa shape index (κ2) is 7.55. The van der Waals surface area contributed by atoms with Gasteiger partial charge in [-0.1, -0.05) is 12.1 Å². The molecule has 1 amide bonds. The lowest BCUT2D eigenvalue weighted by atomic mass is 10.2. The van der Waals surface area contributed by atoms with Crippen LogP contribution in [0, 0.1) is 5.82 Å². The van der Waals surface area contributed by atoms with Crippen LogP contribution < -0.4 is 5.32 Å². The topological polar surface area (TPSA) is 72.4 Å². The van der Waals surface area contributed by atoms with Gasteiger partial charge in [0.1, 0.15) is 11.6 Å². The summed E-state index contributed by atoms with van der Waals surface area (Å²) >= 11 is 1.43. The minimum atomic E-state index is -0.354. The van der Waals surface area contributed by atoms with E-state index in [-0.39, 0.29) is 11.7 Å². The number of benzene rings is 1. The maximum absolute atomic E-state index is 13.9. The van der Waals surface area contributed by atoms with Crippen LogP contribution in [0.5, 0.6) is 0 Å². The Bertz CT molecular complexity index is 1100. The van der Waals surface area contributed by atoms with Gasteiger partial charge in [-0.05, 0) is 30.3 Å². The number of hydrogen-bond donors (Lipinski definition) is 1. The normalized spacial score (nSPS) is 11.4. The maximum Gasteiger partial charge on any atom is 0.244 e. The Morgan fingerprint density at radius 2 is 2.19 bits per heavy atom. The lowest BCUT2D eigenvalue weighted by molar-refractivity contribution is -0.116. The van der Waals surface area contributed by atoms with Crippen molar-refractivity contribution in [3.8, 4) is 11.4 Å². The van der Waals surface area contributed by atoms with Gasteiger partial charge in [0.25, 0.3) is 0 Å². The largest absolute Gasteiger partial charge is 0.465 e. The Hall–Kier alpha value is -3.26. The van der Waals surface area contributed by atoms with Crippen molar-refractivity contribution in [3.63, 3.8) is 0 Å². The molecule has 136 valence electrons. The summed E-state index contributed by atoms with van der Waals surface area (Å²) in [6.07, 6.45) is 5.16. The van der Waals surface area contributed by atoms with E-state index in [1.807, 2.05) is 5.38 Å². The van der Waals surface area contributed by atoms with Crippen molar-refractivity contribution in [3.05, 3.63) is 71.4 Å². The van der Waals surface area contributed by atoms with Gasteiger partial charge in [0.2, 0.25) is 10.9 Å². The van der Waals surface area contributed by atoms with Crippen molar-refractivity contribution in [1.82, 2.24) is 19.9 Å². The first-order valence-electron chi connectivity index (χ1n) is 8.28. The molecule has 6 nitrogen and oxygen atoms in total. The molecule has 0 bridgehead atoms. The minimum absolute atomic E-state index is 0.205. The monoisotopic (exact) mass is 382 g/mol. The summed E-state index contributed by atoms with van der Waals surface area (Å²) in [4.78, 5) is 16.9. The van der Waals surface area contributed by atoms with Crippen molar-refractivity contribution in [1.29, 1.82) is 0 Å². The molecule has 0 aliphatic carbocycles. The highest BCUT2D eigenvalue weighted by molar-refractivity contribution is 7.15. The number of carbonyl (C=O) groups excluding carboxylic acids is 1. The van der Waals surface area contributed by atoms with Gasteiger partial charge < -0.3 is 9.73 Å². The number of hydrogen-bond acceptors (Lipinski definition) is 5. The van der Waals surface area contributed by atoms with Gasteiger partial charge >= 0.3 is 0 Å². The third-order valence-corrected chi connectivity index (χ3v) is 4.75. The lowest BCUT2D eigenvalue weighted by Crippen LogP contribution is -2.23. The average Bonchev–Trinajstić information content (AvgIpc) is 3.39. The quantitative estimate of drug-likeness (QED) is 0.518. The molecule has 3 aromatic heterocycles. The SMILES string of the molecule is O=C(/C=C/c1ccco1)NCCc1csc2nc(-c3ccccc3F)nn12. The molecule has 0 atom stereocenters. The molecular formula is C19H15FN4O2S. The standard InChI is InChI=1S/C19H15FN4O2S/c20-16-6-2-1-5-15(16)18-22-19-24(23-18)13(12-27-19)9-10-21-17(25)8-7-14-4-3-11-26-14/h1-8,11-12H,9-10H2,(H,21,25)/b8-7+. The predicted molar refractivity (Wildman–Crippen MR) is 101 cm³/mol. The molecule has 0 aliphatic heterocycles. The number of halogens is 1. The van der Waals surface area contributed by atoms with Crippen LogP contribution in [0.15, 0.2) is 58.5 Å². The van der Waals surface area contributed by atoms with Crippen molar-refractivity contribution >= 4 is 28.3 Å². The van der Waals surface area contributed by atoms with E-state index >= 15 is 0 Å². The van der Waals surface area contributed by atoms with Crippen molar-refractivity contribution in [2.75, 3.05) is 6.54 Å². The Morgan fingerprint density at radius 3 is 3.00 bits per heavy atom. The molecule has 3 heterocycles. The Labute approximate surface area is 158 Å². The summed E-state index contributed by atoms with van der Waals surface area (Å²) in [5.41, 5.74) is 1.27. The molecule has 4 aromatic rings. The number of thiazole rings is 1. The van der Waals surface area contributed by atoms with E-state index in [1.165, 1.54) is 23.5 Å². The zero-order valence-electron chi connectivity index (χ0n) is 14.1. The van der Waals surface area contributed by atoms with Gasteiger partial charge in [-0.2, -0.15) is 4.98 Å². The van der Waals surface area contributed by atoms with E-state index in [0.29, 0.717) is 35.1 Å². The fourth-order valence-corrected chi connectivity index (χ4v) is 3.43. The molecule has 27 heavy (non-hydrogen) atoms. The summed E-state index contributed by atoms with van der Waals surface area (Å²) in [6.45, 7) is 0.446. The molecule has 1 N–H and O–H groups in total. The first kappa shape index (κ1) is 17.2. The Balaban J connectivity index is 1.41. The molecule has 1 aromatic carbocycles. The zero-order chi connectivity index (χ0) is 18.6. The van der Waals surface area contributed by atoms with Crippen LogP contribution in [-0.2, 0) is 11.2 Å². The van der Waals surface area contributed by atoms with Crippen LogP contribution in [-0.4, -0.2) is 27.0 Å². The van der Waals surface area contributed by atoms with Crippen molar-refractivity contribution in [2.24, 2.45) is 0 Å². The van der Waals surface area contributed by atoms with Gasteiger partial charge in [-0.15, -0.1) is 16.4 Å². The zero-order valence-corrected chi connectivity index (χ0v) is 14.9. The highest BCUT2D eigenvalue weighted by Crippen LogP contribution is 2.23. The molecule has 4 rings (SSSR count). The van der Waals surface area contributed by atoms with Gasteiger partial charge in [0, 0.05) is 24.4 Å². The van der Waals surface area contributed by atoms with E-state index in [0.717, 1.165) is 5.69 Å². The summed E-state index contributed by atoms with van der Waals surface area (Å²) in [5.74, 6) is 0.413. The number of nitrogens with one attached hydrogen (secondary N) is 1. The summed E-state index contributed by atoms with van der Waals surface area (Å²) in [6, 6.07) is 9.94. The van der Waals surface area contributed by atoms with Gasteiger partial charge in [0.05, 0.1) is 17.5 Å². The summed E-state index contributed by atoms with van der Waals surface area (Å²) in [7, 11) is 0. The van der Waals surface area contributed by atoms with Crippen LogP contribution in [0.3, 0.4) is 0 Å². The third-order valence-electron chi connectivity index (χ3n) is 3.89. The van der Waals surface area contributed by atoms with Crippen LogP contribution >= 0.6 is 11.3 Å². The lowest BCUT2D eigenvalue weighted by Gasteiger charge is -2.01. The van der Waals surface area contributed by atoms with Crippen molar-refractivity contribution in [2.45, 2.75) is 6.42 Å². The number of aromatic nitrogens is 3. The first-order chi connectivity index (χ1) is 13.2. The number of carbonyl (C=O) groups is 1. The molecule has 0 saturated carbocycles. The first-order valence-corrected chi connectivity index (χ1v) is 9.16. The fraction of sp³-hybridized carbons (Fsp3) is 0.105. The van der Waals surface area contributed by atoms with Crippen LogP contribution in [0.25, 0.3) is 22.4 Å². The second-order valence-corrected chi connectivity index (χ2v) is 6.56. The summed E-state index contributed by atoms with van der Waals surface area (Å²) < 4.78 is 20.8. The molecule has 0 saturated heterocycles. The van der Waals surface area contributed by atoms with Gasteiger partial charge in [0.15, 0.2) is 5.82 Å². The van der Waals surface area contributed by atoms with E-state index in [1.54, 1.807) is 47.2 Å². The fourth-order valence-electron chi connectivity index (χ4n) is 2.57. The Morgan fingerprint density at radius 1 is 1.30 bits per heavy atom. The highest BCUT2D eigenvalue weighted by atomic mass is 32.1. The molecule has 0 fully saturated rings.